The maximum Gasteiger partial charge on any atom is 0.251 e. The second kappa shape index (κ2) is 8.19. The predicted octanol–water partition coefficient (Wildman–Crippen LogP) is 1.89. The molecule has 2 N–H and O–H groups in total. The first-order valence-corrected chi connectivity index (χ1v) is 8.21. The highest BCUT2D eigenvalue weighted by molar-refractivity contribution is 5.94. The topological polar surface area (TPSA) is 76.7 Å². The average Bonchev–Trinajstić information content (AvgIpc) is 3.10. The van der Waals surface area contributed by atoms with E-state index >= 15 is 0 Å². The maximum absolute atomic E-state index is 11.9. The molecule has 2 amide bonds. The highest BCUT2D eigenvalue weighted by atomic mass is 16.7. The van der Waals surface area contributed by atoms with Gasteiger partial charge in [0, 0.05) is 25.1 Å². The Morgan fingerprint density at radius 3 is 2.56 bits per heavy atom. The Morgan fingerprint density at radius 1 is 0.920 bits per heavy atom. The van der Waals surface area contributed by atoms with Gasteiger partial charge in [0.05, 0.1) is 0 Å². The molecule has 6 nitrogen and oxygen atoms in total. The number of rotatable bonds is 7. The molecule has 0 radical (unpaired) electrons. The van der Waals surface area contributed by atoms with Gasteiger partial charge < -0.3 is 20.1 Å². The highest BCUT2D eigenvalue weighted by Gasteiger charge is 2.13. The lowest BCUT2D eigenvalue weighted by molar-refractivity contribution is -0.120. The van der Waals surface area contributed by atoms with E-state index in [1.807, 2.05) is 24.3 Å². The van der Waals surface area contributed by atoms with Crippen LogP contribution in [0.1, 0.15) is 22.3 Å². The average molecular weight is 340 g/mol. The number of ether oxygens (including phenoxy) is 2. The van der Waals surface area contributed by atoms with Gasteiger partial charge in [-0.1, -0.05) is 24.3 Å². The summed E-state index contributed by atoms with van der Waals surface area (Å²) in [5.74, 6) is 1.23. The smallest absolute Gasteiger partial charge is 0.251 e. The molecule has 130 valence electrons. The van der Waals surface area contributed by atoms with Crippen LogP contribution in [0.15, 0.2) is 48.5 Å². The first-order chi connectivity index (χ1) is 12.2. The minimum Gasteiger partial charge on any atom is -0.454 e. The van der Waals surface area contributed by atoms with Gasteiger partial charge in [-0.2, -0.15) is 0 Å². The van der Waals surface area contributed by atoms with E-state index in [4.69, 9.17) is 9.47 Å². The number of amides is 2. The van der Waals surface area contributed by atoms with Crippen LogP contribution < -0.4 is 20.1 Å². The van der Waals surface area contributed by atoms with E-state index < -0.39 is 0 Å². The molecule has 0 aromatic heterocycles. The third-order valence-electron chi connectivity index (χ3n) is 3.85. The Bertz CT molecular complexity index is 746. The van der Waals surface area contributed by atoms with Crippen molar-refractivity contribution in [3.8, 4) is 11.5 Å². The first kappa shape index (κ1) is 16.8. The van der Waals surface area contributed by atoms with Gasteiger partial charge in [-0.25, -0.2) is 0 Å². The van der Waals surface area contributed by atoms with Crippen LogP contribution in [0.2, 0.25) is 0 Å². The van der Waals surface area contributed by atoms with Crippen molar-refractivity contribution >= 4 is 11.8 Å². The fourth-order valence-corrected chi connectivity index (χ4v) is 2.51. The van der Waals surface area contributed by atoms with E-state index in [-0.39, 0.29) is 25.0 Å². The molecule has 2 aromatic rings. The summed E-state index contributed by atoms with van der Waals surface area (Å²) in [5.41, 5.74) is 1.66. The minimum atomic E-state index is -0.172. The first-order valence-electron chi connectivity index (χ1n) is 8.21. The summed E-state index contributed by atoms with van der Waals surface area (Å²) in [6.45, 7) is 1.10. The summed E-state index contributed by atoms with van der Waals surface area (Å²) in [7, 11) is 0. The summed E-state index contributed by atoms with van der Waals surface area (Å²) < 4.78 is 10.6. The number of nitrogens with one attached hydrogen (secondary N) is 2. The van der Waals surface area contributed by atoms with E-state index in [0.717, 1.165) is 17.1 Å². The molecule has 0 unspecified atom stereocenters. The number of carbonyl (C=O) groups excluding carboxylic acids is 2. The number of hydrogen-bond acceptors (Lipinski definition) is 4. The Morgan fingerprint density at radius 2 is 1.72 bits per heavy atom. The molecule has 1 aliphatic rings. The van der Waals surface area contributed by atoms with E-state index in [1.165, 1.54) is 0 Å². The fraction of sp³-hybridized carbons (Fsp3) is 0.263. The largest absolute Gasteiger partial charge is 0.454 e. The summed E-state index contributed by atoms with van der Waals surface area (Å²) in [4.78, 5) is 23.7. The predicted molar refractivity (Wildman–Crippen MR) is 92.7 cm³/mol. The normalized spacial score (nSPS) is 11.8. The van der Waals surface area contributed by atoms with E-state index in [0.29, 0.717) is 25.1 Å². The molecular weight excluding hydrogens is 320 g/mol. The fourth-order valence-electron chi connectivity index (χ4n) is 2.51. The van der Waals surface area contributed by atoms with Gasteiger partial charge in [-0.3, -0.25) is 9.59 Å². The molecule has 0 atom stereocenters. The second-order valence-electron chi connectivity index (χ2n) is 5.66. The van der Waals surface area contributed by atoms with E-state index in [1.54, 1.807) is 24.3 Å². The zero-order valence-corrected chi connectivity index (χ0v) is 13.8. The van der Waals surface area contributed by atoms with Crippen LogP contribution in [-0.4, -0.2) is 31.7 Å². The van der Waals surface area contributed by atoms with Gasteiger partial charge >= 0.3 is 0 Å². The molecular formula is C19H20N2O4. The van der Waals surface area contributed by atoms with Crippen molar-refractivity contribution in [2.24, 2.45) is 0 Å². The van der Waals surface area contributed by atoms with E-state index in [9.17, 15) is 9.59 Å². The monoisotopic (exact) mass is 340 g/mol. The summed E-state index contributed by atoms with van der Waals surface area (Å²) >= 11 is 0. The molecule has 3 rings (SSSR count). The summed E-state index contributed by atoms with van der Waals surface area (Å²) in [6.07, 6.45) is 0.957. The minimum absolute atomic E-state index is 0.0888. The second-order valence-corrected chi connectivity index (χ2v) is 5.66. The molecule has 25 heavy (non-hydrogen) atoms. The Hall–Kier alpha value is -3.02. The molecule has 6 heteroatoms. The lowest BCUT2D eigenvalue weighted by Gasteiger charge is -2.07. The highest BCUT2D eigenvalue weighted by Crippen LogP contribution is 2.32. The van der Waals surface area contributed by atoms with Crippen LogP contribution in [0.4, 0.5) is 0 Å². The summed E-state index contributed by atoms with van der Waals surface area (Å²) in [6, 6.07) is 14.7. The lowest BCUT2D eigenvalue weighted by atomic mass is 10.1. The molecule has 0 spiro atoms. The van der Waals surface area contributed by atoms with Gasteiger partial charge in [0.15, 0.2) is 11.5 Å². The molecule has 0 fully saturated rings. The number of fused-ring (bicyclic) bond motifs is 1. The summed E-state index contributed by atoms with van der Waals surface area (Å²) in [5, 5.41) is 5.59. The zero-order valence-electron chi connectivity index (χ0n) is 13.8. The number of carbonyl (C=O) groups is 2. The molecule has 0 saturated heterocycles. The molecule has 0 bridgehead atoms. The quantitative estimate of drug-likeness (QED) is 0.807. The van der Waals surface area contributed by atoms with Gasteiger partial charge in [-0.15, -0.1) is 0 Å². The van der Waals surface area contributed by atoms with Crippen molar-refractivity contribution < 1.29 is 19.1 Å². The zero-order chi connectivity index (χ0) is 17.5. The Kier molecular flexibility index (Phi) is 5.51. The van der Waals surface area contributed by atoms with Crippen LogP contribution >= 0.6 is 0 Å². The number of hydrogen-bond donors (Lipinski definition) is 2. The van der Waals surface area contributed by atoms with Crippen LogP contribution in [0.3, 0.4) is 0 Å². The Labute approximate surface area is 146 Å². The van der Waals surface area contributed by atoms with Crippen molar-refractivity contribution in [1.29, 1.82) is 0 Å². The van der Waals surface area contributed by atoms with Gasteiger partial charge in [0.2, 0.25) is 12.7 Å². The van der Waals surface area contributed by atoms with Crippen molar-refractivity contribution in [3.63, 3.8) is 0 Å². The maximum atomic E-state index is 11.9. The van der Waals surface area contributed by atoms with Crippen molar-refractivity contribution in [2.45, 2.75) is 12.8 Å². The van der Waals surface area contributed by atoms with Gasteiger partial charge in [-0.05, 0) is 36.2 Å². The standard InChI is InChI=1S/C19H20N2O4/c22-18(9-11-21-19(23)15-4-2-1-3-5-15)20-10-8-14-6-7-16-17(12-14)25-13-24-16/h1-7,12H,8-11,13H2,(H,20,22)(H,21,23). The molecule has 1 heterocycles. The van der Waals surface area contributed by atoms with Gasteiger partial charge in [0.25, 0.3) is 5.91 Å². The van der Waals surface area contributed by atoms with Crippen molar-refractivity contribution in [3.05, 3.63) is 59.7 Å². The Balaban J connectivity index is 1.34. The molecule has 1 aliphatic heterocycles. The van der Waals surface area contributed by atoms with Crippen LogP contribution in [0, 0.1) is 0 Å². The lowest BCUT2D eigenvalue weighted by Crippen LogP contribution is -2.31. The van der Waals surface area contributed by atoms with E-state index in [2.05, 4.69) is 10.6 Å². The molecule has 0 aliphatic carbocycles. The molecule has 0 saturated carbocycles. The molecule has 2 aromatic carbocycles. The van der Waals surface area contributed by atoms with Crippen molar-refractivity contribution in [2.75, 3.05) is 19.9 Å². The third kappa shape index (κ3) is 4.73. The SMILES string of the molecule is O=C(CCNC(=O)c1ccccc1)NCCc1ccc2c(c1)OCO2. The van der Waals surface area contributed by atoms with Crippen LogP contribution in [0.5, 0.6) is 11.5 Å². The van der Waals surface area contributed by atoms with Crippen molar-refractivity contribution in [1.82, 2.24) is 10.6 Å². The van der Waals surface area contributed by atoms with Crippen LogP contribution in [-0.2, 0) is 11.2 Å². The third-order valence-corrected chi connectivity index (χ3v) is 3.85. The number of benzene rings is 2. The van der Waals surface area contributed by atoms with Crippen LogP contribution in [0.25, 0.3) is 0 Å². The van der Waals surface area contributed by atoms with Gasteiger partial charge in [0.1, 0.15) is 0 Å².